The Balaban J connectivity index is 2.21. The molecule has 0 aliphatic carbocycles. The van der Waals surface area contributed by atoms with Crippen LogP contribution in [0.4, 0.5) is 5.69 Å². The van der Waals surface area contributed by atoms with E-state index in [4.69, 9.17) is 5.73 Å². The zero-order valence-corrected chi connectivity index (χ0v) is 12.1. The number of benzene rings is 1. The number of hydrogen-bond acceptors (Lipinski definition) is 3. The van der Waals surface area contributed by atoms with E-state index in [9.17, 15) is 4.79 Å². The zero-order valence-electron chi connectivity index (χ0n) is 12.1. The molecule has 3 N–H and O–H groups in total. The smallest absolute Gasteiger partial charge is 0.255 e. The number of hydrogen-bond donors (Lipinski definition) is 2. The van der Waals surface area contributed by atoms with E-state index in [1.165, 1.54) is 0 Å². The summed E-state index contributed by atoms with van der Waals surface area (Å²) in [7, 11) is 0. The van der Waals surface area contributed by atoms with E-state index in [-0.39, 0.29) is 5.91 Å². The van der Waals surface area contributed by atoms with Gasteiger partial charge in [-0.25, -0.2) is 0 Å². The van der Waals surface area contributed by atoms with Crippen LogP contribution in [0.1, 0.15) is 27.2 Å². The molecule has 4 nitrogen and oxygen atoms in total. The molecule has 0 saturated carbocycles. The zero-order chi connectivity index (χ0) is 15.2. The molecule has 1 aromatic carbocycles. The number of nitrogens with zero attached hydrogens (tertiary/aromatic N) is 1. The lowest BCUT2D eigenvalue weighted by Gasteiger charge is -2.07. The van der Waals surface area contributed by atoms with E-state index < -0.39 is 0 Å². The van der Waals surface area contributed by atoms with Crippen LogP contribution in [0.3, 0.4) is 0 Å². The quantitative estimate of drug-likeness (QED) is 0.829. The topological polar surface area (TPSA) is 68.0 Å². The molecule has 0 saturated heterocycles. The van der Waals surface area contributed by atoms with Crippen LogP contribution in [-0.4, -0.2) is 17.4 Å². The Morgan fingerprint density at radius 2 is 2.10 bits per heavy atom. The van der Waals surface area contributed by atoms with Gasteiger partial charge in [-0.2, -0.15) is 0 Å². The summed E-state index contributed by atoms with van der Waals surface area (Å²) in [6.45, 7) is 4.14. The highest BCUT2D eigenvalue weighted by molar-refractivity contribution is 6.04. The molecule has 0 bridgehead atoms. The van der Waals surface area contributed by atoms with Gasteiger partial charge >= 0.3 is 0 Å². The molecule has 4 heteroatoms. The average molecular weight is 279 g/mol. The number of pyridine rings is 1. The maximum absolute atomic E-state index is 12.2. The van der Waals surface area contributed by atoms with Crippen molar-refractivity contribution in [3.63, 3.8) is 0 Å². The summed E-state index contributed by atoms with van der Waals surface area (Å²) in [6.07, 6.45) is 1.64. The lowest BCUT2D eigenvalue weighted by molar-refractivity contribution is 0.102. The molecule has 0 aliphatic heterocycles. The highest BCUT2D eigenvalue weighted by Crippen LogP contribution is 2.13. The maximum atomic E-state index is 12.2. The Labute approximate surface area is 124 Å². The summed E-state index contributed by atoms with van der Waals surface area (Å²) >= 11 is 0. The molecule has 0 unspecified atom stereocenters. The third-order valence-electron chi connectivity index (χ3n) is 2.99. The first-order chi connectivity index (χ1) is 10.1. The molecule has 0 fully saturated rings. The van der Waals surface area contributed by atoms with E-state index in [1.807, 2.05) is 32.0 Å². The molecule has 0 atom stereocenters. The maximum Gasteiger partial charge on any atom is 0.255 e. The lowest BCUT2D eigenvalue weighted by atomic mass is 10.0. The van der Waals surface area contributed by atoms with Crippen LogP contribution in [-0.2, 0) is 0 Å². The number of nitrogens with two attached hydrogens (primary N) is 1. The molecule has 1 heterocycles. The van der Waals surface area contributed by atoms with Gasteiger partial charge in [0.25, 0.3) is 5.91 Å². The summed E-state index contributed by atoms with van der Waals surface area (Å²) in [5, 5.41) is 2.81. The summed E-state index contributed by atoms with van der Waals surface area (Å²) in [6, 6.07) is 9.10. The second-order valence-corrected chi connectivity index (χ2v) is 4.68. The molecule has 0 spiro atoms. The van der Waals surface area contributed by atoms with E-state index in [0.29, 0.717) is 17.8 Å². The molecule has 1 amide bonds. The Bertz CT molecular complexity index is 709. The Morgan fingerprint density at radius 1 is 1.29 bits per heavy atom. The monoisotopic (exact) mass is 279 g/mol. The fraction of sp³-hybridized carbons (Fsp3) is 0.176. The second-order valence-electron chi connectivity index (χ2n) is 4.68. The number of rotatable bonds is 2. The van der Waals surface area contributed by atoms with Gasteiger partial charge in [0.1, 0.15) is 0 Å². The Morgan fingerprint density at radius 3 is 2.76 bits per heavy atom. The van der Waals surface area contributed by atoms with Gasteiger partial charge in [0, 0.05) is 16.8 Å². The number of anilines is 1. The van der Waals surface area contributed by atoms with Crippen LogP contribution in [0.15, 0.2) is 36.5 Å². The first-order valence-corrected chi connectivity index (χ1v) is 6.64. The highest BCUT2D eigenvalue weighted by Gasteiger charge is 2.08. The molecule has 21 heavy (non-hydrogen) atoms. The lowest BCUT2D eigenvalue weighted by Crippen LogP contribution is -2.12. The minimum absolute atomic E-state index is 0.184. The minimum Gasteiger partial charge on any atom is -0.321 e. The number of aromatic nitrogens is 1. The molecule has 106 valence electrons. The van der Waals surface area contributed by atoms with Crippen molar-refractivity contribution in [3.05, 3.63) is 58.9 Å². The number of carbonyl (C=O) groups is 1. The van der Waals surface area contributed by atoms with Crippen LogP contribution < -0.4 is 11.1 Å². The van der Waals surface area contributed by atoms with Crippen molar-refractivity contribution in [1.82, 2.24) is 4.98 Å². The van der Waals surface area contributed by atoms with Crippen LogP contribution in [0.2, 0.25) is 0 Å². The second kappa shape index (κ2) is 6.69. The van der Waals surface area contributed by atoms with Crippen molar-refractivity contribution in [2.24, 2.45) is 5.73 Å². The molecule has 2 aromatic rings. The molecule has 0 radical (unpaired) electrons. The van der Waals surface area contributed by atoms with Crippen LogP contribution in [0, 0.1) is 25.7 Å². The summed E-state index contributed by atoms with van der Waals surface area (Å²) in [5.74, 6) is 5.59. The van der Waals surface area contributed by atoms with Crippen molar-refractivity contribution in [1.29, 1.82) is 0 Å². The number of amides is 1. The Hall–Kier alpha value is -2.64. The predicted octanol–water partition coefficient (Wildman–Crippen LogP) is 2.26. The summed E-state index contributed by atoms with van der Waals surface area (Å²) in [5.41, 5.74) is 9.34. The van der Waals surface area contributed by atoms with E-state index >= 15 is 0 Å². The first-order valence-electron chi connectivity index (χ1n) is 6.64. The van der Waals surface area contributed by atoms with Crippen molar-refractivity contribution < 1.29 is 4.79 Å². The molecule has 1 aromatic heterocycles. The van der Waals surface area contributed by atoms with Crippen molar-refractivity contribution in [2.75, 3.05) is 11.9 Å². The molecular weight excluding hydrogens is 262 g/mol. The van der Waals surface area contributed by atoms with E-state index in [0.717, 1.165) is 16.8 Å². The van der Waals surface area contributed by atoms with Crippen LogP contribution in [0.5, 0.6) is 0 Å². The number of nitrogens with one attached hydrogen (secondary N) is 1. The fourth-order valence-corrected chi connectivity index (χ4v) is 1.79. The van der Waals surface area contributed by atoms with E-state index in [1.54, 1.807) is 18.3 Å². The van der Waals surface area contributed by atoms with E-state index in [2.05, 4.69) is 22.1 Å². The van der Waals surface area contributed by atoms with Crippen LogP contribution >= 0.6 is 0 Å². The summed E-state index contributed by atoms with van der Waals surface area (Å²) in [4.78, 5) is 16.4. The van der Waals surface area contributed by atoms with Gasteiger partial charge < -0.3 is 11.1 Å². The van der Waals surface area contributed by atoms with Gasteiger partial charge in [-0.3, -0.25) is 9.78 Å². The Kier molecular flexibility index (Phi) is 4.70. The highest BCUT2D eigenvalue weighted by atomic mass is 16.1. The van der Waals surface area contributed by atoms with Crippen LogP contribution in [0.25, 0.3) is 0 Å². The standard InChI is InChI=1S/C17H17N3O/c1-12-5-7-15(10-14(12)4-3-9-18)17(21)20-16-8-6-13(2)19-11-16/h5-8,10-11H,9,18H2,1-2H3,(H,20,21). The fourth-order valence-electron chi connectivity index (χ4n) is 1.79. The largest absolute Gasteiger partial charge is 0.321 e. The first kappa shape index (κ1) is 14.8. The molecular formula is C17H17N3O. The molecule has 0 aliphatic rings. The van der Waals surface area contributed by atoms with Gasteiger partial charge in [0.15, 0.2) is 0 Å². The average Bonchev–Trinajstić information content (AvgIpc) is 2.48. The molecule has 2 rings (SSSR count). The third-order valence-corrected chi connectivity index (χ3v) is 2.99. The van der Waals surface area contributed by atoms with Crippen molar-refractivity contribution in [2.45, 2.75) is 13.8 Å². The third kappa shape index (κ3) is 3.91. The predicted molar refractivity (Wildman–Crippen MR) is 84.0 cm³/mol. The van der Waals surface area contributed by atoms with Gasteiger partial charge in [-0.1, -0.05) is 17.9 Å². The van der Waals surface area contributed by atoms with Gasteiger partial charge in [-0.15, -0.1) is 0 Å². The van der Waals surface area contributed by atoms with Gasteiger partial charge in [0.05, 0.1) is 18.4 Å². The number of aryl methyl sites for hydroxylation is 2. The van der Waals surface area contributed by atoms with Crippen molar-refractivity contribution >= 4 is 11.6 Å². The summed E-state index contributed by atoms with van der Waals surface area (Å²) < 4.78 is 0. The van der Waals surface area contributed by atoms with Gasteiger partial charge in [0.2, 0.25) is 0 Å². The minimum atomic E-state index is -0.184. The SMILES string of the molecule is Cc1ccc(NC(=O)c2ccc(C)c(C#CCN)c2)cn1. The normalized spacial score (nSPS) is 9.67. The van der Waals surface area contributed by atoms with Gasteiger partial charge in [-0.05, 0) is 43.7 Å². The number of carbonyl (C=O) groups excluding carboxylic acids is 1. The van der Waals surface area contributed by atoms with Crippen molar-refractivity contribution in [3.8, 4) is 11.8 Å².